The van der Waals surface area contributed by atoms with E-state index in [1.807, 2.05) is 43.6 Å². The van der Waals surface area contributed by atoms with Crippen molar-refractivity contribution in [2.24, 2.45) is 5.92 Å². The van der Waals surface area contributed by atoms with Gasteiger partial charge in [0, 0.05) is 87.3 Å². The Morgan fingerprint density at radius 3 is 2.37 bits per heavy atom. The van der Waals surface area contributed by atoms with Crippen LogP contribution in [0, 0.1) is 11.7 Å². The van der Waals surface area contributed by atoms with Crippen LogP contribution in [0.5, 0.6) is 11.5 Å². The van der Waals surface area contributed by atoms with Crippen molar-refractivity contribution in [1.82, 2.24) is 25.1 Å². The Hall–Kier alpha value is -3.89. The summed E-state index contributed by atoms with van der Waals surface area (Å²) < 4.78 is 27.4. The minimum absolute atomic E-state index is 0.0260. The zero-order chi connectivity index (χ0) is 32.2. The molecule has 0 bridgehead atoms. The lowest BCUT2D eigenvalue weighted by molar-refractivity contribution is -0.128. The summed E-state index contributed by atoms with van der Waals surface area (Å²) >= 11 is 0. The molecule has 4 heterocycles. The fourth-order valence-corrected chi connectivity index (χ4v) is 6.67. The summed E-state index contributed by atoms with van der Waals surface area (Å²) in [6.07, 6.45) is 7.81. The van der Waals surface area contributed by atoms with Gasteiger partial charge in [0.15, 0.2) is 0 Å². The van der Waals surface area contributed by atoms with Gasteiger partial charge in [-0.15, -0.1) is 0 Å². The third-order valence-corrected chi connectivity index (χ3v) is 9.34. The molecule has 3 aliphatic rings. The van der Waals surface area contributed by atoms with Gasteiger partial charge in [-0.1, -0.05) is 32.9 Å². The van der Waals surface area contributed by atoms with Crippen LogP contribution >= 0.6 is 0 Å². The van der Waals surface area contributed by atoms with E-state index >= 15 is 4.39 Å². The van der Waals surface area contributed by atoms with Crippen molar-refractivity contribution in [2.75, 3.05) is 32.8 Å². The Labute approximate surface area is 270 Å². The standard InChI is InChI=1S/C36H44FN5O4/c1-23(2)35-38-19-27(20-39-35)25-4-6-30(7-5-25)46-33-18-31(32(37)17-26(33)22-42-21-24(3)16-34(42)43)36(44)40-28-8-12-41(13-9-28)29-10-14-45-15-11-29/h4-7,17-20,23-24,28-29H,8-16,21-22H2,1-3H3,(H,40,44)/t24-/m0/s1. The van der Waals surface area contributed by atoms with Crippen molar-refractivity contribution in [3.63, 3.8) is 0 Å². The van der Waals surface area contributed by atoms with Crippen LogP contribution < -0.4 is 10.1 Å². The smallest absolute Gasteiger partial charge is 0.254 e. The molecule has 1 aromatic heterocycles. The highest BCUT2D eigenvalue weighted by Gasteiger charge is 2.30. The van der Waals surface area contributed by atoms with E-state index in [1.165, 1.54) is 12.1 Å². The number of nitrogens with one attached hydrogen (secondary N) is 1. The quantitative estimate of drug-likeness (QED) is 0.313. The largest absolute Gasteiger partial charge is 0.457 e. The molecule has 0 radical (unpaired) electrons. The first-order valence-corrected chi connectivity index (χ1v) is 16.6. The molecule has 3 saturated heterocycles. The summed E-state index contributed by atoms with van der Waals surface area (Å²) in [7, 11) is 0. The van der Waals surface area contributed by atoms with Crippen molar-refractivity contribution in [2.45, 2.75) is 77.4 Å². The second-order valence-electron chi connectivity index (χ2n) is 13.3. The molecule has 9 nitrogen and oxygen atoms in total. The second kappa shape index (κ2) is 14.3. The monoisotopic (exact) mass is 629 g/mol. The maximum Gasteiger partial charge on any atom is 0.254 e. The molecule has 46 heavy (non-hydrogen) atoms. The van der Waals surface area contributed by atoms with Crippen molar-refractivity contribution < 1.29 is 23.5 Å². The van der Waals surface area contributed by atoms with Crippen LogP contribution in [0.1, 0.15) is 80.5 Å². The summed E-state index contributed by atoms with van der Waals surface area (Å²) in [4.78, 5) is 39.2. The average Bonchev–Trinajstić information content (AvgIpc) is 3.39. The van der Waals surface area contributed by atoms with E-state index in [9.17, 15) is 9.59 Å². The highest BCUT2D eigenvalue weighted by atomic mass is 19.1. The lowest BCUT2D eigenvalue weighted by Gasteiger charge is -2.39. The second-order valence-corrected chi connectivity index (χ2v) is 13.3. The van der Waals surface area contributed by atoms with Crippen LogP contribution in [0.4, 0.5) is 4.39 Å². The van der Waals surface area contributed by atoms with E-state index in [1.54, 1.807) is 4.90 Å². The Kier molecular flexibility index (Phi) is 9.94. The Morgan fingerprint density at radius 1 is 1.04 bits per heavy atom. The number of aromatic nitrogens is 2. The molecule has 3 aliphatic heterocycles. The first-order valence-electron chi connectivity index (χ1n) is 16.6. The lowest BCUT2D eigenvalue weighted by Crippen LogP contribution is -2.49. The number of likely N-dealkylation sites (tertiary alicyclic amines) is 2. The van der Waals surface area contributed by atoms with Gasteiger partial charge in [-0.3, -0.25) is 9.59 Å². The number of carbonyl (C=O) groups is 2. The number of benzene rings is 2. The summed E-state index contributed by atoms with van der Waals surface area (Å²) in [5.74, 6) is 1.10. The fraction of sp³-hybridized carbons (Fsp3) is 0.500. The average molecular weight is 630 g/mol. The molecule has 10 heteroatoms. The van der Waals surface area contributed by atoms with Gasteiger partial charge in [-0.2, -0.15) is 0 Å². The molecule has 0 spiro atoms. The minimum Gasteiger partial charge on any atom is -0.457 e. The maximum absolute atomic E-state index is 15.6. The number of amides is 2. The normalized spacial score (nSPS) is 20.0. The molecule has 1 atom stereocenters. The first kappa shape index (κ1) is 32.1. The van der Waals surface area contributed by atoms with E-state index in [0.29, 0.717) is 36.1 Å². The van der Waals surface area contributed by atoms with Gasteiger partial charge in [0.25, 0.3) is 5.91 Å². The van der Waals surface area contributed by atoms with Crippen molar-refractivity contribution in [3.8, 4) is 22.6 Å². The predicted octanol–water partition coefficient (Wildman–Crippen LogP) is 5.94. The molecule has 3 fully saturated rings. The van der Waals surface area contributed by atoms with Crippen molar-refractivity contribution in [3.05, 3.63) is 71.6 Å². The minimum atomic E-state index is -0.626. The number of ether oxygens (including phenoxy) is 2. The van der Waals surface area contributed by atoms with Gasteiger partial charge in [0.2, 0.25) is 5.91 Å². The van der Waals surface area contributed by atoms with Gasteiger partial charge in [-0.05, 0) is 61.4 Å². The molecule has 3 aromatic rings. The van der Waals surface area contributed by atoms with Crippen LogP contribution in [0.15, 0.2) is 48.8 Å². The summed E-state index contributed by atoms with van der Waals surface area (Å²) in [6, 6.07) is 10.8. The van der Waals surface area contributed by atoms with Crippen LogP contribution in [0.2, 0.25) is 0 Å². The third kappa shape index (κ3) is 7.56. The van der Waals surface area contributed by atoms with Crippen LogP contribution in [0.25, 0.3) is 11.1 Å². The fourth-order valence-electron chi connectivity index (χ4n) is 6.67. The highest BCUT2D eigenvalue weighted by molar-refractivity contribution is 5.95. The molecular formula is C36H44FN5O4. The first-order chi connectivity index (χ1) is 22.2. The molecule has 2 aromatic carbocycles. The topological polar surface area (TPSA) is 96.9 Å². The van der Waals surface area contributed by atoms with Crippen LogP contribution in [0.3, 0.4) is 0 Å². The van der Waals surface area contributed by atoms with E-state index in [-0.39, 0.29) is 35.9 Å². The molecule has 6 rings (SSSR count). The SMILES string of the molecule is CC(C)c1ncc(-c2ccc(Oc3cc(C(=O)NC4CCN(C5CCOCC5)CC4)c(F)cc3CN3C[C@@H](C)CC3=O)cc2)cn1. The van der Waals surface area contributed by atoms with Crippen molar-refractivity contribution in [1.29, 1.82) is 0 Å². The molecule has 2 amide bonds. The number of rotatable bonds is 9. The molecule has 1 N–H and O–H groups in total. The molecule has 0 unspecified atom stereocenters. The Morgan fingerprint density at radius 2 is 1.74 bits per heavy atom. The highest BCUT2D eigenvalue weighted by Crippen LogP contribution is 2.33. The van der Waals surface area contributed by atoms with Crippen molar-refractivity contribution >= 4 is 11.8 Å². The molecule has 244 valence electrons. The van der Waals surface area contributed by atoms with E-state index in [4.69, 9.17) is 9.47 Å². The molecule has 0 aliphatic carbocycles. The van der Waals surface area contributed by atoms with Gasteiger partial charge in [0.1, 0.15) is 23.1 Å². The number of piperidine rings is 1. The zero-order valence-electron chi connectivity index (χ0n) is 27.0. The lowest BCUT2D eigenvalue weighted by atomic mass is 9.99. The van der Waals surface area contributed by atoms with Gasteiger partial charge in [-0.25, -0.2) is 14.4 Å². The summed E-state index contributed by atoms with van der Waals surface area (Å²) in [5, 5.41) is 3.07. The van der Waals surface area contributed by atoms with E-state index < -0.39 is 11.7 Å². The van der Waals surface area contributed by atoms with Gasteiger partial charge < -0.3 is 24.6 Å². The summed E-state index contributed by atoms with van der Waals surface area (Å²) in [5.41, 5.74) is 2.27. The number of halogens is 1. The molecule has 0 saturated carbocycles. The Bertz CT molecular complexity index is 1520. The number of hydrogen-bond donors (Lipinski definition) is 1. The predicted molar refractivity (Wildman–Crippen MR) is 173 cm³/mol. The Balaban J connectivity index is 1.18. The maximum atomic E-state index is 15.6. The number of hydrogen-bond acceptors (Lipinski definition) is 7. The number of nitrogens with zero attached hydrogens (tertiary/aromatic N) is 4. The van der Waals surface area contributed by atoms with Crippen LogP contribution in [-0.2, 0) is 16.1 Å². The van der Waals surface area contributed by atoms with Gasteiger partial charge in [0.05, 0.1) is 5.56 Å². The zero-order valence-corrected chi connectivity index (χ0v) is 27.0. The summed E-state index contributed by atoms with van der Waals surface area (Å²) in [6.45, 7) is 10.3. The number of carbonyl (C=O) groups excluding carboxylic acids is 2. The van der Waals surface area contributed by atoms with E-state index in [2.05, 4.69) is 34.0 Å². The third-order valence-electron chi connectivity index (χ3n) is 9.34. The van der Waals surface area contributed by atoms with E-state index in [0.717, 1.165) is 68.9 Å². The molecular weight excluding hydrogens is 585 g/mol. The van der Waals surface area contributed by atoms with Crippen LogP contribution in [-0.4, -0.2) is 76.5 Å². The van der Waals surface area contributed by atoms with Gasteiger partial charge >= 0.3 is 0 Å².